The lowest BCUT2D eigenvalue weighted by molar-refractivity contribution is 0.628. The Labute approximate surface area is 65.7 Å². The van der Waals surface area contributed by atoms with Crippen LogP contribution in [0.25, 0.3) is 0 Å². The maximum absolute atomic E-state index is 8.81. The van der Waals surface area contributed by atoms with Crippen molar-refractivity contribution in [2.75, 3.05) is 0 Å². The Kier molecular flexibility index (Phi) is 5.91. The van der Waals surface area contributed by atoms with Crippen molar-refractivity contribution in [3.8, 4) is 0 Å². The SMILES string of the molecule is O=S(=O)=S.c1ccccc1. The summed E-state index contributed by atoms with van der Waals surface area (Å²) < 4.78 is 17.6. The highest BCUT2D eigenvalue weighted by Crippen LogP contribution is 1.79. The molecule has 0 aliphatic heterocycles. The zero-order valence-electron chi connectivity index (χ0n) is 5.10. The lowest BCUT2D eigenvalue weighted by atomic mass is 10.4. The van der Waals surface area contributed by atoms with E-state index in [2.05, 4.69) is 11.2 Å². The molecule has 1 aromatic rings. The molecule has 0 bridgehead atoms. The van der Waals surface area contributed by atoms with Crippen molar-refractivity contribution in [2.45, 2.75) is 0 Å². The maximum atomic E-state index is 8.81. The number of benzene rings is 1. The number of hydrogen-bond acceptors (Lipinski definition) is 3. The van der Waals surface area contributed by atoms with Gasteiger partial charge in [-0.15, -0.1) is 0 Å². The Morgan fingerprint density at radius 1 is 0.800 bits per heavy atom. The van der Waals surface area contributed by atoms with Crippen molar-refractivity contribution >= 4 is 20.5 Å². The molecule has 4 heteroatoms. The molecule has 1 aromatic carbocycles. The van der Waals surface area contributed by atoms with Crippen LogP contribution in [0.3, 0.4) is 0 Å². The zero-order valence-corrected chi connectivity index (χ0v) is 6.73. The molecule has 0 saturated carbocycles. The van der Waals surface area contributed by atoms with E-state index in [0.717, 1.165) is 0 Å². The summed E-state index contributed by atoms with van der Waals surface area (Å²) in [5.41, 5.74) is 0. The van der Waals surface area contributed by atoms with E-state index >= 15 is 0 Å². The van der Waals surface area contributed by atoms with Crippen LogP contribution in [0.5, 0.6) is 0 Å². The van der Waals surface area contributed by atoms with Crippen LogP contribution in [-0.4, -0.2) is 8.42 Å². The van der Waals surface area contributed by atoms with Gasteiger partial charge in [-0.1, -0.05) is 36.4 Å². The van der Waals surface area contributed by atoms with E-state index < -0.39 is 9.26 Å². The van der Waals surface area contributed by atoms with Crippen molar-refractivity contribution in [1.82, 2.24) is 0 Å². The van der Waals surface area contributed by atoms with E-state index in [-0.39, 0.29) is 0 Å². The van der Waals surface area contributed by atoms with Crippen molar-refractivity contribution < 1.29 is 8.42 Å². The van der Waals surface area contributed by atoms with Gasteiger partial charge in [0.05, 0.1) is 11.2 Å². The predicted octanol–water partition coefficient (Wildman–Crippen LogP) is 1.01. The van der Waals surface area contributed by atoms with Gasteiger partial charge in [-0.2, -0.15) is 8.42 Å². The molecule has 0 spiro atoms. The third-order valence-corrected chi connectivity index (χ3v) is 0.667. The molecule has 0 aliphatic carbocycles. The molecule has 0 aromatic heterocycles. The van der Waals surface area contributed by atoms with E-state index in [1.54, 1.807) is 0 Å². The van der Waals surface area contributed by atoms with Gasteiger partial charge in [0.25, 0.3) is 9.26 Å². The van der Waals surface area contributed by atoms with E-state index in [9.17, 15) is 0 Å². The molecule has 0 unspecified atom stereocenters. The van der Waals surface area contributed by atoms with Gasteiger partial charge in [-0.3, -0.25) is 0 Å². The monoisotopic (exact) mass is 174 g/mol. The van der Waals surface area contributed by atoms with E-state index in [1.165, 1.54) is 0 Å². The van der Waals surface area contributed by atoms with Gasteiger partial charge < -0.3 is 0 Å². The zero-order chi connectivity index (χ0) is 7.82. The minimum Gasteiger partial charge on any atom is -0.172 e. The van der Waals surface area contributed by atoms with E-state index in [4.69, 9.17) is 8.42 Å². The van der Waals surface area contributed by atoms with Gasteiger partial charge in [0.2, 0.25) is 0 Å². The molecule has 1 rings (SSSR count). The van der Waals surface area contributed by atoms with Crippen LogP contribution in [-0.2, 0) is 20.5 Å². The van der Waals surface area contributed by atoms with Crippen LogP contribution in [0.15, 0.2) is 36.4 Å². The molecule has 0 aliphatic rings. The topological polar surface area (TPSA) is 34.1 Å². The fourth-order valence-electron chi connectivity index (χ4n) is 0.385. The summed E-state index contributed by atoms with van der Waals surface area (Å²) in [6.45, 7) is 0. The molecule has 0 N–H and O–H groups in total. The van der Waals surface area contributed by atoms with Crippen molar-refractivity contribution in [1.29, 1.82) is 0 Å². The highest BCUT2D eigenvalue weighted by molar-refractivity contribution is 8.14. The minimum absolute atomic E-state index is 2.00. The number of rotatable bonds is 0. The van der Waals surface area contributed by atoms with Gasteiger partial charge in [0.15, 0.2) is 0 Å². The molecule has 0 heterocycles. The summed E-state index contributed by atoms with van der Waals surface area (Å²) in [4.78, 5) is 0. The van der Waals surface area contributed by atoms with Crippen LogP contribution in [0.2, 0.25) is 0 Å². The van der Waals surface area contributed by atoms with Gasteiger partial charge in [-0.25, -0.2) is 0 Å². The molecule has 0 radical (unpaired) electrons. The van der Waals surface area contributed by atoms with Crippen molar-refractivity contribution in [3.05, 3.63) is 36.4 Å². The normalized spacial score (nSPS) is 7.20. The molecule has 54 valence electrons. The second-order valence-corrected chi connectivity index (χ2v) is 2.58. The largest absolute Gasteiger partial charge is 0.284 e. The summed E-state index contributed by atoms with van der Waals surface area (Å²) in [7, 11) is -2.28. The van der Waals surface area contributed by atoms with Gasteiger partial charge in [0.1, 0.15) is 0 Å². The number of hydrogen-bond donors (Lipinski definition) is 0. The summed E-state index contributed by atoms with van der Waals surface area (Å²) >= 11 is 3.54. The molecule has 10 heavy (non-hydrogen) atoms. The van der Waals surface area contributed by atoms with Gasteiger partial charge in [-0.05, 0) is 0 Å². The molecular weight excluding hydrogens is 168 g/mol. The first-order chi connectivity index (χ1) is 4.73. The highest BCUT2D eigenvalue weighted by atomic mass is 32.8. The van der Waals surface area contributed by atoms with Gasteiger partial charge in [0, 0.05) is 0 Å². The molecule has 0 fully saturated rings. The lowest BCUT2D eigenvalue weighted by Crippen LogP contribution is -1.47. The van der Waals surface area contributed by atoms with Crippen LogP contribution in [0.4, 0.5) is 0 Å². The molecule has 0 saturated heterocycles. The third kappa shape index (κ3) is 10.3. The first-order valence-electron chi connectivity index (χ1n) is 2.50. The quantitative estimate of drug-likeness (QED) is 0.588. The van der Waals surface area contributed by atoms with E-state index in [1.807, 2.05) is 36.4 Å². The second kappa shape index (κ2) is 6.38. The van der Waals surface area contributed by atoms with Crippen LogP contribution < -0.4 is 0 Å². The van der Waals surface area contributed by atoms with Crippen LogP contribution >= 0.6 is 0 Å². The summed E-state index contributed by atoms with van der Waals surface area (Å²) in [5.74, 6) is 0. The second-order valence-electron chi connectivity index (χ2n) is 1.36. The minimum atomic E-state index is -2.28. The highest BCUT2D eigenvalue weighted by Gasteiger charge is 1.57. The Bertz CT molecular complexity index is 217. The Balaban J connectivity index is 0.000000180. The Morgan fingerprint density at radius 2 is 0.900 bits per heavy atom. The first kappa shape index (κ1) is 9.26. The van der Waals surface area contributed by atoms with Crippen molar-refractivity contribution in [3.63, 3.8) is 0 Å². The third-order valence-electron chi connectivity index (χ3n) is 0.667. The average molecular weight is 174 g/mol. The Hall–Kier alpha value is -0.740. The summed E-state index contributed by atoms with van der Waals surface area (Å²) in [6, 6.07) is 12.0. The molecular formula is C6H6O2S2. The van der Waals surface area contributed by atoms with E-state index in [0.29, 0.717) is 0 Å². The first-order valence-corrected chi connectivity index (χ1v) is 4.50. The lowest BCUT2D eigenvalue weighted by Gasteiger charge is -1.69. The summed E-state index contributed by atoms with van der Waals surface area (Å²) in [6.07, 6.45) is 0. The summed E-state index contributed by atoms with van der Waals surface area (Å²) in [5, 5.41) is 0. The molecule has 0 atom stereocenters. The maximum Gasteiger partial charge on any atom is 0.284 e. The molecule has 0 amide bonds. The Morgan fingerprint density at radius 3 is 1.00 bits per heavy atom. The fourth-order valence-corrected chi connectivity index (χ4v) is 0.385. The average Bonchev–Trinajstić information content (AvgIpc) is 1.90. The van der Waals surface area contributed by atoms with Crippen LogP contribution in [0, 0.1) is 0 Å². The van der Waals surface area contributed by atoms with Gasteiger partial charge >= 0.3 is 0 Å². The van der Waals surface area contributed by atoms with Crippen molar-refractivity contribution in [2.24, 2.45) is 0 Å². The molecule has 2 nitrogen and oxygen atoms in total. The smallest absolute Gasteiger partial charge is 0.172 e. The fraction of sp³-hybridized carbons (Fsp3) is 0. The predicted molar refractivity (Wildman–Crippen MR) is 42.7 cm³/mol. The standard InChI is InChI=1S/C6H6.O2S2/c1-2-4-6-5-3-1;1-4(2)3/h1-6H;. The van der Waals surface area contributed by atoms with Crippen LogP contribution in [0.1, 0.15) is 0 Å².